The SMILES string of the molecule is Cc1ccc(C(=O)Oc2ccc(C(=O)CN(C(=O)c3ccc(Cl)cc3)N3C(=O)[C@@H]4[C@@H](C3=O)[C@H]3C=C[C@H]4C3)cc2)cc1. The molecule has 206 valence electrons. The van der Waals surface area contributed by atoms with Crippen LogP contribution in [0.1, 0.15) is 43.1 Å². The molecule has 0 radical (unpaired) electrons. The van der Waals surface area contributed by atoms with Crippen molar-refractivity contribution in [2.75, 3.05) is 6.54 Å². The lowest BCUT2D eigenvalue weighted by molar-refractivity contribution is -0.154. The first kappa shape index (κ1) is 26.7. The minimum atomic E-state index is -0.666. The molecule has 0 N–H and O–H groups in total. The molecule has 9 heteroatoms. The quantitative estimate of drug-likeness (QED) is 0.132. The smallest absolute Gasteiger partial charge is 0.343 e. The van der Waals surface area contributed by atoms with Crippen LogP contribution in [-0.4, -0.2) is 46.0 Å². The van der Waals surface area contributed by atoms with E-state index in [-0.39, 0.29) is 28.7 Å². The number of benzene rings is 3. The Balaban J connectivity index is 1.23. The van der Waals surface area contributed by atoms with Gasteiger partial charge in [0.25, 0.3) is 17.7 Å². The Morgan fingerprint density at radius 3 is 1.93 bits per heavy atom. The zero-order chi connectivity index (χ0) is 28.8. The van der Waals surface area contributed by atoms with E-state index in [0.29, 0.717) is 10.6 Å². The molecule has 6 rings (SSSR count). The van der Waals surface area contributed by atoms with Crippen molar-refractivity contribution in [1.82, 2.24) is 10.0 Å². The van der Waals surface area contributed by atoms with Crippen molar-refractivity contribution >= 4 is 41.1 Å². The Morgan fingerprint density at radius 1 is 0.805 bits per heavy atom. The molecule has 1 saturated heterocycles. The molecule has 0 unspecified atom stereocenters. The molecule has 2 bridgehead atoms. The number of carbonyl (C=O) groups is 5. The average molecular weight is 569 g/mol. The maximum atomic E-state index is 13.6. The number of hydrazine groups is 1. The van der Waals surface area contributed by atoms with E-state index in [2.05, 4.69) is 0 Å². The van der Waals surface area contributed by atoms with Crippen molar-refractivity contribution in [3.05, 3.63) is 112 Å². The predicted octanol–water partition coefficient (Wildman–Crippen LogP) is 4.91. The number of fused-ring (bicyclic) bond motifs is 5. The third-order valence-electron chi connectivity index (χ3n) is 7.98. The monoisotopic (exact) mass is 568 g/mol. The number of nitrogens with zero attached hydrogens (tertiary/aromatic N) is 2. The lowest BCUT2D eigenvalue weighted by atomic mass is 9.85. The topological polar surface area (TPSA) is 101 Å². The number of esters is 1. The summed E-state index contributed by atoms with van der Waals surface area (Å²) in [5.74, 6) is -3.56. The molecular formula is C32H25ClN2O6. The van der Waals surface area contributed by atoms with Gasteiger partial charge in [-0.15, -0.1) is 0 Å². The number of aryl methyl sites for hydroxylation is 1. The summed E-state index contributed by atoms with van der Waals surface area (Å²) in [6, 6.07) is 18.9. The van der Waals surface area contributed by atoms with Crippen molar-refractivity contribution < 1.29 is 28.7 Å². The van der Waals surface area contributed by atoms with Gasteiger partial charge in [0.15, 0.2) is 5.78 Å². The van der Waals surface area contributed by atoms with Crippen LogP contribution in [0, 0.1) is 30.6 Å². The highest BCUT2D eigenvalue weighted by molar-refractivity contribution is 6.30. The fourth-order valence-electron chi connectivity index (χ4n) is 5.89. The molecule has 1 heterocycles. The Kier molecular flexibility index (Phi) is 6.79. The first-order valence-corrected chi connectivity index (χ1v) is 13.6. The Hall–Kier alpha value is -4.56. The third kappa shape index (κ3) is 4.85. The van der Waals surface area contributed by atoms with Crippen molar-refractivity contribution in [1.29, 1.82) is 0 Å². The number of ketones is 1. The molecule has 0 aromatic heterocycles. The van der Waals surface area contributed by atoms with E-state index in [4.69, 9.17) is 16.3 Å². The standard InChI is InChI=1S/C32H25ClN2O6/c1-18-2-4-21(5-3-18)32(40)41-25-14-10-19(11-15-25)26(36)17-34(29(37)20-8-12-24(33)13-9-20)35-30(38)27-22-6-7-23(16-22)28(27)31(35)39/h2-15,22-23,27-28H,16-17H2,1H3/t22-,23-,27-,28-/m0/s1. The number of halogens is 1. The van der Waals surface area contributed by atoms with Gasteiger partial charge in [0, 0.05) is 16.1 Å². The summed E-state index contributed by atoms with van der Waals surface area (Å²) in [5.41, 5.74) is 1.80. The number of allylic oxidation sites excluding steroid dienone is 2. The van der Waals surface area contributed by atoms with Crippen LogP contribution in [0.3, 0.4) is 0 Å². The highest BCUT2D eigenvalue weighted by atomic mass is 35.5. The van der Waals surface area contributed by atoms with E-state index < -0.39 is 47.9 Å². The molecule has 8 nitrogen and oxygen atoms in total. The molecule has 2 fully saturated rings. The van der Waals surface area contributed by atoms with Gasteiger partial charge in [0.05, 0.1) is 17.4 Å². The van der Waals surface area contributed by atoms with Crippen LogP contribution in [-0.2, 0) is 9.59 Å². The van der Waals surface area contributed by atoms with E-state index in [1.54, 1.807) is 24.3 Å². The molecule has 4 atom stereocenters. The van der Waals surface area contributed by atoms with Gasteiger partial charge >= 0.3 is 5.97 Å². The summed E-state index contributed by atoms with van der Waals surface area (Å²) in [4.78, 5) is 66.5. The zero-order valence-electron chi connectivity index (χ0n) is 22.0. The molecule has 2 aliphatic carbocycles. The summed E-state index contributed by atoms with van der Waals surface area (Å²) in [6.07, 6.45) is 4.67. The van der Waals surface area contributed by atoms with Gasteiger partial charge in [-0.1, -0.05) is 41.4 Å². The highest BCUT2D eigenvalue weighted by Crippen LogP contribution is 2.52. The summed E-state index contributed by atoms with van der Waals surface area (Å²) >= 11 is 5.99. The molecule has 41 heavy (non-hydrogen) atoms. The molecule has 1 saturated carbocycles. The Morgan fingerprint density at radius 2 is 1.34 bits per heavy atom. The maximum Gasteiger partial charge on any atom is 0.343 e. The van der Waals surface area contributed by atoms with Gasteiger partial charge in [-0.25, -0.2) is 9.80 Å². The van der Waals surface area contributed by atoms with Gasteiger partial charge < -0.3 is 4.74 Å². The zero-order valence-corrected chi connectivity index (χ0v) is 22.8. The third-order valence-corrected chi connectivity index (χ3v) is 8.23. The molecule has 3 aromatic rings. The summed E-state index contributed by atoms with van der Waals surface area (Å²) in [7, 11) is 0. The van der Waals surface area contributed by atoms with Gasteiger partial charge in [0.1, 0.15) is 12.3 Å². The molecule has 3 aromatic carbocycles. The van der Waals surface area contributed by atoms with Crippen LogP contribution in [0.15, 0.2) is 84.9 Å². The van der Waals surface area contributed by atoms with Crippen LogP contribution in [0.2, 0.25) is 5.02 Å². The van der Waals surface area contributed by atoms with E-state index in [1.807, 2.05) is 19.1 Å². The largest absolute Gasteiger partial charge is 0.423 e. The highest BCUT2D eigenvalue weighted by Gasteiger charge is 2.61. The number of hydrogen-bond donors (Lipinski definition) is 0. The van der Waals surface area contributed by atoms with Crippen LogP contribution in [0.25, 0.3) is 0 Å². The van der Waals surface area contributed by atoms with Gasteiger partial charge in [-0.3, -0.25) is 19.2 Å². The van der Waals surface area contributed by atoms with Crippen molar-refractivity contribution in [3.63, 3.8) is 0 Å². The second-order valence-electron chi connectivity index (χ2n) is 10.6. The fourth-order valence-corrected chi connectivity index (χ4v) is 6.02. The van der Waals surface area contributed by atoms with Gasteiger partial charge in [-0.05, 0) is 85.8 Å². The van der Waals surface area contributed by atoms with Gasteiger partial charge in [-0.2, -0.15) is 5.01 Å². The fraction of sp³-hybridized carbons (Fsp3) is 0.219. The Bertz CT molecular complexity index is 1570. The minimum absolute atomic E-state index is 0.0511. The van der Waals surface area contributed by atoms with E-state index >= 15 is 0 Å². The molecular weight excluding hydrogens is 544 g/mol. The van der Waals surface area contributed by atoms with Crippen LogP contribution < -0.4 is 4.74 Å². The van der Waals surface area contributed by atoms with Gasteiger partial charge in [0.2, 0.25) is 0 Å². The Labute approximate surface area is 241 Å². The number of carbonyl (C=O) groups excluding carboxylic acids is 5. The first-order valence-electron chi connectivity index (χ1n) is 13.3. The number of amides is 3. The normalized spacial score (nSPS) is 22.1. The van der Waals surface area contributed by atoms with Crippen molar-refractivity contribution in [2.24, 2.45) is 23.7 Å². The summed E-state index contributed by atoms with van der Waals surface area (Å²) in [5, 5.41) is 2.23. The van der Waals surface area contributed by atoms with Crippen LogP contribution >= 0.6 is 11.6 Å². The molecule has 0 spiro atoms. The number of rotatable bonds is 7. The van der Waals surface area contributed by atoms with Crippen LogP contribution in [0.4, 0.5) is 0 Å². The predicted molar refractivity (Wildman–Crippen MR) is 149 cm³/mol. The van der Waals surface area contributed by atoms with Crippen molar-refractivity contribution in [3.8, 4) is 5.75 Å². The number of Topliss-reactive ketones (excluding diaryl/α,β-unsaturated/α-hetero) is 1. The van der Waals surface area contributed by atoms with E-state index in [9.17, 15) is 24.0 Å². The number of hydrogen-bond acceptors (Lipinski definition) is 6. The molecule has 3 aliphatic rings. The van der Waals surface area contributed by atoms with Crippen LogP contribution in [0.5, 0.6) is 5.75 Å². The lowest BCUT2D eigenvalue weighted by Crippen LogP contribution is -2.52. The van der Waals surface area contributed by atoms with E-state index in [1.165, 1.54) is 48.5 Å². The van der Waals surface area contributed by atoms with E-state index in [0.717, 1.165) is 22.0 Å². The first-order chi connectivity index (χ1) is 19.7. The molecule has 1 aliphatic heterocycles. The summed E-state index contributed by atoms with van der Waals surface area (Å²) < 4.78 is 5.41. The molecule has 3 amide bonds. The second-order valence-corrected chi connectivity index (χ2v) is 11.0. The number of ether oxygens (including phenoxy) is 1. The second kappa shape index (κ2) is 10.4. The minimum Gasteiger partial charge on any atom is -0.423 e. The average Bonchev–Trinajstić information content (AvgIpc) is 3.66. The van der Waals surface area contributed by atoms with Crippen molar-refractivity contribution in [2.45, 2.75) is 13.3 Å². The number of imide groups is 1. The maximum absolute atomic E-state index is 13.6. The lowest BCUT2D eigenvalue weighted by Gasteiger charge is -2.30. The summed E-state index contributed by atoms with van der Waals surface area (Å²) in [6.45, 7) is 1.38.